The van der Waals surface area contributed by atoms with Crippen molar-refractivity contribution in [2.75, 3.05) is 20.8 Å². The first-order valence-electron chi connectivity index (χ1n) is 9.32. The van der Waals surface area contributed by atoms with Crippen molar-refractivity contribution in [2.24, 2.45) is 7.05 Å². The fraction of sp³-hybridized carbons (Fsp3) is 0.318. The van der Waals surface area contributed by atoms with Crippen LogP contribution in [-0.4, -0.2) is 35.2 Å². The summed E-state index contributed by atoms with van der Waals surface area (Å²) in [6, 6.07) is 12.4. The van der Waals surface area contributed by atoms with Gasteiger partial charge in [-0.3, -0.25) is 4.90 Å². The van der Waals surface area contributed by atoms with E-state index in [4.69, 9.17) is 14.5 Å². The number of imidazole rings is 1. The number of methoxy groups -OCH3 is 2. The summed E-state index contributed by atoms with van der Waals surface area (Å²) in [4.78, 5) is 7.21. The molecule has 5 nitrogen and oxygen atoms in total. The number of halogens is 1. The number of aromatic nitrogens is 2. The van der Waals surface area contributed by atoms with Gasteiger partial charge in [-0.05, 0) is 42.5 Å². The molecule has 0 radical (unpaired) electrons. The van der Waals surface area contributed by atoms with Crippen molar-refractivity contribution < 1.29 is 13.9 Å². The van der Waals surface area contributed by atoms with Crippen LogP contribution in [0.1, 0.15) is 17.0 Å². The van der Waals surface area contributed by atoms with E-state index in [0.717, 1.165) is 60.2 Å². The topological polar surface area (TPSA) is 39.5 Å². The Kier molecular flexibility index (Phi) is 5.05. The molecule has 0 fully saturated rings. The minimum atomic E-state index is -0.235. The Labute approximate surface area is 164 Å². The fourth-order valence-electron chi connectivity index (χ4n) is 3.78. The summed E-state index contributed by atoms with van der Waals surface area (Å²) in [5, 5.41) is 0. The van der Waals surface area contributed by atoms with E-state index in [2.05, 4.69) is 9.47 Å². The molecule has 1 aromatic heterocycles. The minimum Gasteiger partial charge on any atom is -0.497 e. The number of fused-ring (bicyclic) bond motifs is 1. The number of nitrogens with zero attached hydrogens (tertiary/aromatic N) is 3. The van der Waals surface area contributed by atoms with E-state index < -0.39 is 0 Å². The van der Waals surface area contributed by atoms with Gasteiger partial charge in [0.25, 0.3) is 0 Å². The van der Waals surface area contributed by atoms with E-state index in [1.165, 1.54) is 17.8 Å². The quantitative estimate of drug-likeness (QED) is 0.674. The lowest BCUT2D eigenvalue weighted by Gasteiger charge is -2.27. The molecule has 2 heterocycles. The zero-order valence-electron chi connectivity index (χ0n) is 16.4. The number of hydrogen-bond donors (Lipinski definition) is 0. The van der Waals surface area contributed by atoms with Gasteiger partial charge in [0.15, 0.2) is 0 Å². The second-order valence-corrected chi connectivity index (χ2v) is 7.03. The molecule has 3 aromatic rings. The van der Waals surface area contributed by atoms with Gasteiger partial charge in [0.1, 0.15) is 23.1 Å². The summed E-state index contributed by atoms with van der Waals surface area (Å²) in [6.07, 6.45) is 0.886. The zero-order valence-corrected chi connectivity index (χ0v) is 16.4. The molecule has 2 aromatic carbocycles. The van der Waals surface area contributed by atoms with E-state index in [0.29, 0.717) is 0 Å². The van der Waals surface area contributed by atoms with Crippen LogP contribution in [0.3, 0.4) is 0 Å². The summed E-state index contributed by atoms with van der Waals surface area (Å²) < 4.78 is 26.3. The predicted molar refractivity (Wildman–Crippen MR) is 106 cm³/mol. The average molecular weight is 381 g/mol. The Morgan fingerprint density at radius 1 is 1.07 bits per heavy atom. The highest BCUT2D eigenvalue weighted by Gasteiger charge is 2.24. The molecule has 1 aliphatic heterocycles. The maximum absolute atomic E-state index is 13.3. The maximum Gasteiger partial charge on any atom is 0.140 e. The van der Waals surface area contributed by atoms with Crippen LogP contribution in [0.4, 0.5) is 4.39 Å². The third kappa shape index (κ3) is 3.47. The molecule has 0 saturated heterocycles. The van der Waals surface area contributed by atoms with Gasteiger partial charge >= 0.3 is 0 Å². The maximum atomic E-state index is 13.3. The van der Waals surface area contributed by atoms with Crippen LogP contribution in [0.2, 0.25) is 0 Å². The van der Waals surface area contributed by atoms with Gasteiger partial charge in [-0.15, -0.1) is 0 Å². The van der Waals surface area contributed by atoms with Crippen molar-refractivity contribution in [1.29, 1.82) is 0 Å². The standard InChI is InChI=1S/C22H24FN3O2/c1-25-20-14-26(13-16-12-18(27-2)8-9-21(16)28-3)11-10-19(20)24-22(25)15-4-6-17(23)7-5-15/h4-9,12H,10-11,13-14H2,1-3H3. The summed E-state index contributed by atoms with van der Waals surface area (Å²) in [6.45, 7) is 2.50. The van der Waals surface area contributed by atoms with E-state index in [-0.39, 0.29) is 5.82 Å². The monoisotopic (exact) mass is 381 g/mol. The molecule has 4 rings (SSSR count). The molecule has 0 amide bonds. The lowest BCUT2D eigenvalue weighted by Crippen LogP contribution is -2.31. The zero-order chi connectivity index (χ0) is 19.7. The Balaban J connectivity index is 1.58. The highest BCUT2D eigenvalue weighted by Crippen LogP contribution is 2.29. The Morgan fingerprint density at radius 3 is 2.57 bits per heavy atom. The van der Waals surface area contributed by atoms with Crippen LogP contribution < -0.4 is 9.47 Å². The molecule has 146 valence electrons. The molecule has 0 unspecified atom stereocenters. The first-order valence-corrected chi connectivity index (χ1v) is 9.32. The highest BCUT2D eigenvalue weighted by atomic mass is 19.1. The summed E-state index contributed by atoms with van der Waals surface area (Å²) in [5.41, 5.74) is 4.36. The lowest BCUT2D eigenvalue weighted by molar-refractivity contribution is 0.234. The van der Waals surface area contributed by atoms with Gasteiger partial charge in [0.05, 0.1) is 25.6 Å². The van der Waals surface area contributed by atoms with Gasteiger partial charge in [-0.25, -0.2) is 9.37 Å². The summed E-state index contributed by atoms with van der Waals surface area (Å²) in [5.74, 6) is 2.34. The number of rotatable bonds is 5. The van der Waals surface area contributed by atoms with Crippen molar-refractivity contribution in [3.8, 4) is 22.9 Å². The van der Waals surface area contributed by atoms with E-state index in [1.54, 1.807) is 26.4 Å². The van der Waals surface area contributed by atoms with E-state index in [9.17, 15) is 4.39 Å². The van der Waals surface area contributed by atoms with Crippen LogP contribution in [0.15, 0.2) is 42.5 Å². The van der Waals surface area contributed by atoms with Crippen molar-refractivity contribution in [1.82, 2.24) is 14.5 Å². The molecule has 0 N–H and O–H groups in total. The number of hydrogen-bond acceptors (Lipinski definition) is 4. The van der Waals surface area contributed by atoms with Crippen molar-refractivity contribution >= 4 is 0 Å². The third-order valence-corrected chi connectivity index (χ3v) is 5.32. The predicted octanol–water partition coefficient (Wildman–Crippen LogP) is 3.80. The SMILES string of the molecule is COc1ccc(OC)c(CN2CCc3nc(-c4ccc(F)cc4)n(C)c3C2)c1. The Hall–Kier alpha value is -2.86. The molecule has 0 saturated carbocycles. The second kappa shape index (κ2) is 7.64. The molecular weight excluding hydrogens is 357 g/mol. The number of benzene rings is 2. The van der Waals surface area contributed by atoms with E-state index >= 15 is 0 Å². The molecule has 28 heavy (non-hydrogen) atoms. The smallest absolute Gasteiger partial charge is 0.140 e. The van der Waals surface area contributed by atoms with Crippen LogP contribution >= 0.6 is 0 Å². The van der Waals surface area contributed by atoms with Gasteiger partial charge < -0.3 is 14.0 Å². The summed E-state index contributed by atoms with van der Waals surface area (Å²) >= 11 is 0. The Morgan fingerprint density at radius 2 is 1.86 bits per heavy atom. The van der Waals surface area contributed by atoms with Crippen LogP contribution in [0.5, 0.6) is 11.5 Å². The molecular formula is C22H24FN3O2. The van der Waals surface area contributed by atoms with Crippen LogP contribution in [0.25, 0.3) is 11.4 Å². The van der Waals surface area contributed by atoms with Crippen LogP contribution in [0, 0.1) is 5.82 Å². The molecule has 6 heteroatoms. The minimum absolute atomic E-state index is 0.235. The van der Waals surface area contributed by atoms with Gasteiger partial charge in [-0.1, -0.05) is 0 Å². The first-order chi connectivity index (χ1) is 13.6. The first kappa shape index (κ1) is 18.5. The highest BCUT2D eigenvalue weighted by molar-refractivity contribution is 5.57. The average Bonchev–Trinajstić information content (AvgIpc) is 3.04. The van der Waals surface area contributed by atoms with Gasteiger partial charge in [0, 0.05) is 44.2 Å². The molecule has 0 aliphatic carbocycles. The molecule has 0 bridgehead atoms. The normalized spacial score (nSPS) is 14.0. The van der Waals surface area contributed by atoms with Crippen molar-refractivity contribution in [2.45, 2.75) is 19.5 Å². The van der Waals surface area contributed by atoms with Gasteiger partial charge in [0.2, 0.25) is 0 Å². The van der Waals surface area contributed by atoms with Crippen molar-refractivity contribution in [3.05, 3.63) is 65.2 Å². The van der Waals surface area contributed by atoms with E-state index in [1.807, 2.05) is 25.2 Å². The number of ether oxygens (including phenoxy) is 2. The van der Waals surface area contributed by atoms with Crippen LogP contribution in [-0.2, 0) is 26.6 Å². The van der Waals surface area contributed by atoms with Gasteiger partial charge in [-0.2, -0.15) is 0 Å². The summed E-state index contributed by atoms with van der Waals surface area (Å²) in [7, 11) is 5.39. The fourth-order valence-corrected chi connectivity index (χ4v) is 3.78. The third-order valence-electron chi connectivity index (χ3n) is 5.32. The molecule has 1 aliphatic rings. The molecule has 0 atom stereocenters. The molecule has 0 spiro atoms. The Bertz CT molecular complexity index is 982. The second-order valence-electron chi connectivity index (χ2n) is 7.03. The largest absolute Gasteiger partial charge is 0.497 e. The lowest BCUT2D eigenvalue weighted by atomic mass is 10.1. The van der Waals surface area contributed by atoms with Crippen molar-refractivity contribution in [3.63, 3.8) is 0 Å².